The van der Waals surface area contributed by atoms with Crippen LogP contribution < -0.4 is 5.32 Å². The Labute approximate surface area is 166 Å². The summed E-state index contributed by atoms with van der Waals surface area (Å²) in [5.74, 6) is -0.506. The van der Waals surface area contributed by atoms with E-state index in [1.165, 1.54) is 0 Å². The van der Waals surface area contributed by atoms with Crippen molar-refractivity contribution in [3.8, 4) is 0 Å². The minimum Gasteiger partial charge on any atom is -0.466 e. The zero-order valence-corrected chi connectivity index (χ0v) is 17.1. The zero-order chi connectivity index (χ0) is 20.8. The van der Waals surface area contributed by atoms with Crippen LogP contribution in [0.5, 0.6) is 0 Å². The Balaban J connectivity index is 1.98. The molecule has 0 spiro atoms. The molecule has 0 aromatic heterocycles. The lowest BCUT2D eigenvalue weighted by Gasteiger charge is -2.50. The van der Waals surface area contributed by atoms with Crippen LogP contribution in [0.25, 0.3) is 0 Å². The summed E-state index contributed by atoms with van der Waals surface area (Å²) in [6.45, 7) is 7.68. The number of hydrogen-bond acceptors (Lipinski definition) is 6. The van der Waals surface area contributed by atoms with Gasteiger partial charge in [0.05, 0.1) is 37.4 Å². The smallest absolute Gasteiger partial charge is 0.408 e. The molecule has 156 valence electrons. The molecule has 1 saturated carbocycles. The molecule has 1 atom stereocenters. The van der Waals surface area contributed by atoms with E-state index in [1.54, 1.807) is 27.7 Å². The van der Waals surface area contributed by atoms with Crippen LogP contribution in [0.3, 0.4) is 0 Å². The molecule has 2 N–H and O–H groups in total. The quantitative estimate of drug-likeness (QED) is 0.660. The van der Waals surface area contributed by atoms with Crippen molar-refractivity contribution in [1.29, 1.82) is 0 Å². The first kappa shape index (κ1) is 22.2. The lowest BCUT2D eigenvalue weighted by atomic mass is 9.69. The first-order chi connectivity index (χ1) is 13.1. The highest BCUT2D eigenvalue weighted by molar-refractivity contribution is 5.72. The average molecular weight is 393 g/mol. The van der Waals surface area contributed by atoms with Crippen molar-refractivity contribution < 1.29 is 28.9 Å². The van der Waals surface area contributed by atoms with Crippen molar-refractivity contribution in [2.75, 3.05) is 6.61 Å². The third-order valence-electron chi connectivity index (χ3n) is 4.57. The number of aliphatic hydroxyl groups is 1. The number of benzene rings is 1. The fraction of sp³-hybridized carbons (Fsp3) is 0.619. The number of aliphatic hydroxyl groups excluding tert-OH is 1. The van der Waals surface area contributed by atoms with Gasteiger partial charge in [0.1, 0.15) is 5.60 Å². The first-order valence-corrected chi connectivity index (χ1v) is 9.64. The maximum absolute atomic E-state index is 12.3. The second kappa shape index (κ2) is 9.39. The van der Waals surface area contributed by atoms with Gasteiger partial charge in [-0.25, -0.2) is 4.79 Å². The second-order valence-corrected chi connectivity index (χ2v) is 8.13. The van der Waals surface area contributed by atoms with Gasteiger partial charge in [0.25, 0.3) is 0 Å². The standard InChI is InChI=1S/C21H31NO6/c1-5-26-18(24)11-17(23)21(22-19(25)28-20(2,3)4)12-16(13-21)27-14-15-9-7-6-8-10-15/h6-10,16-17,23H,5,11-14H2,1-4H3,(H,22,25). The van der Waals surface area contributed by atoms with E-state index in [2.05, 4.69) is 5.32 Å². The highest BCUT2D eigenvalue weighted by Crippen LogP contribution is 2.39. The van der Waals surface area contributed by atoms with Crippen LogP contribution in [-0.2, 0) is 25.6 Å². The Morgan fingerprint density at radius 3 is 2.46 bits per heavy atom. The van der Waals surface area contributed by atoms with Gasteiger partial charge in [0.15, 0.2) is 0 Å². The molecule has 1 amide bonds. The number of carbonyl (C=O) groups excluding carboxylic acids is 2. The summed E-state index contributed by atoms with van der Waals surface area (Å²) in [4.78, 5) is 24.1. The van der Waals surface area contributed by atoms with E-state index in [0.29, 0.717) is 19.4 Å². The van der Waals surface area contributed by atoms with Gasteiger partial charge in [0, 0.05) is 0 Å². The number of carbonyl (C=O) groups is 2. The van der Waals surface area contributed by atoms with E-state index < -0.39 is 29.3 Å². The Morgan fingerprint density at radius 2 is 1.89 bits per heavy atom. The molecule has 1 unspecified atom stereocenters. The number of nitrogens with one attached hydrogen (secondary N) is 1. The lowest BCUT2D eigenvalue weighted by molar-refractivity contribution is -0.152. The summed E-state index contributed by atoms with van der Waals surface area (Å²) < 4.78 is 16.1. The van der Waals surface area contributed by atoms with Gasteiger partial charge in [-0.05, 0) is 46.1 Å². The molecule has 7 heteroatoms. The number of esters is 1. The van der Waals surface area contributed by atoms with Gasteiger partial charge in [-0.3, -0.25) is 4.79 Å². The molecule has 0 heterocycles. The van der Waals surface area contributed by atoms with E-state index in [1.807, 2.05) is 30.3 Å². The molecular weight excluding hydrogens is 362 g/mol. The molecule has 2 rings (SSSR count). The van der Waals surface area contributed by atoms with E-state index in [9.17, 15) is 14.7 Å². The summed E-state index contributed by atoms with van der Waals surface area (Å²) in [6, 6.07) is 9.77. The maximum atomic E-state index is 12.3. The summed E-state index contributed by atoms with van der Waals surface area (Å²) in [5.41, 5.74) is -0.590. The largest absolute Gasteiger partial charge is 0.466 e. The fourth-order valence-electron chi connectivity index (χ4n) is 3.20. The minimum absolute atomic E-state index is 0.132. The Hall–Kier alpha value is -2.12. The monoisotopic (exact) mass is 393 g/mol. The average Bonchev–Trinajstić information content (AvgIpc) is 2.56. The van der Waals surface area contributed by atoms with Crippen molar-refractivity contribution in [3.63, 3.8) is 0 Å². The number of hydrogen-bond donors (Lipinski definition) is 2. The molecule has 0 radical (unpaired) electrons. The van der Waals surface area contributed by atoms with Gasteiger partial charge in [-0.15, -0.1) is 0 Å². The van der Waals surface area contributed by atoms with Crippen LogP contribution in [-0.4, -0.2) is 47.1 Å². The van der Waals surface area contributed by atoms with E-state index in [0.717, 1.165) is 5.56 Å². The molecule has 1 fully saturated rings. The third-order valence-corrected chi connectivity index (χ3v) is 4.57. The molecule has 1 aromatic carbocycles. The Kier molecular flexibility index (Phi) is 7.43. The topological polar surface area (TPSA) is 94.1 Å². The van der Waals surface area contributed by atoms with Crippen molar-refractivity contribution in [1.82, 2.24) is 5.32 Å². The predicted molar refractivity (Wildman–Crippen MR) is 104 cm³/mol. The summed E-state index contributed by atoms with van der Waals surface area (Å²) in [6.07, 6.45) is -1.27. The molecule has 7 nitrogen and oxygen atoms in total. The number of alkyl carbamates (subject to hydrolysis) is 1. The third kappa shape index (κ3) is 6.49. The Morgan fingerprint density at radius 1 is 1.25 bits per heavy atom. The van der Waals surface area contributed by atoms with Gasteiger partial charge >= 0.3 is 12.1 Å². The van der Waals surface area contributed by atoms with Crippen LogP contribution in [0, 0.1) is 0 Å². The Bertz CT molecular complexity index is 649. The molecule has 0 aliphatic heterocycles. The number of rotatable bonds is 8. The summed E-state index contributed by atoms with van der Waals surface area (Å²) >= 11 is 0. The van der Waals surface area contributed by atoms with Crippen LogP contribution in [0.1, 0.15) is 52.5 Å². The molecule has 28 heavy (non-hydrogen) atoms. The highest BCUT2D eigenvalue weighted by atomic mass is 16.6. The molecule has 0 saturated heterocycles. The molecule has 1 aliphatic carbocycles. The van der Waals surface area contributed by atoms with Crippen molar-refractivity contribution in [2.45, 2.75) is 76.9 Å². The van der Waals surface area contributed by atoms with Gasteiger partial charge in [0.2, 0.25) is 0 Å². The minimum atomic E-state index is -1.09. The molecule has 0 bridgehead atoms. The van der Waals surface area contributed by atoms with Crippen LogP contribution in [0.15, 0.2) is 30.3 Å². The fourth-order valence-corrected chi connectivity index (χ4v) is 3.20. The van der Waals surface area contributed by atoms with Gasteiger partial charge < -0.3 is 24.6 Å². The SMILES string of the molecule is CCOC(=O)CC(O)C1(NC(=O)OC(C)(C)C)CC(OCc2ccccc2)C1. The number of ether oxygens (including phenoxy) is 3. The lowest BCUT2D eigenvalue weighted by Crippen LogP contribution is -2.67. The van der Waals surface area contributed by atoms with Gasteiger partial charge in [-0.2, -0.15) is 0 Å². The highest BCUT2D eigenvalue weighted by Gasteiger charge is 2.52. The van der Waals surface area contributed by atoms with E-state index in [4.69, 9.17) is 14.2 Å². The maximum Gasteiger partial charge on any atom is 0.408 e. The van der Waals surface area contributed by atoms with E-state index >= 15 is 0 Å². The van der Waals surface area contributed by atoms with Crippen LogP contribution >= 0.6 is 0 Å². The van der Waals surface area contributed by atoms with E-state index in [-0.39, 0.29) is 19.1 Å². The molecule has 1 aromatic rings. The summed E-state index contributed by atoms with van der Waals surface area (Å²) in [7, 11) is 0. The van der Waals surface area contributed by atoms with Crippen molar-refractivity contribution in [3.05, 3.63) is 35.9 Å². The predicted octanol–water partition coefficient (Wildman–Crippen LogP) is 2.94. The van der Waals surface area contributed by atoms with Crippen LogP contribution in [0.2, 0.25) is 0 Å². The van der Waals surface area contributed by atoms with Crippen LogP contribution in [0.4, 0.5) is 4.79 Å². The summed E-state index contributed by atoms with van der Waals surface area (Å²) in [5, 5.41) is 13.4. The first-order valence-electron chi connectivity index (χ1n) is 9.64. The van der Waals surface area contributed by atoms with Crippen molar-refractivity contribution in [2.24, 2.45) is 0 Å². The normalized spacial score (nSPS) is 22.7. The molecular formula is C21H31NO6. The zero-order valence-electron chi connectivity index (χ0n) is 17.1. The van der Waals surface area contributed by atoms with Gasteiger partial charge in [-0.1, -0.05) is 30.3 Å². The second-order valence-electron chi connectivity index (χ2n) is 8.13. The molecule has 1 aliphatic rings. The number of amides is 1. The van der Waals surface area contributed by atoms with Crippen molar-refractivity contribution >= 4 is 12.1 Å².